The number of carboxylic acids is 1. The van der Waals surface area contributed by atoms with Crippen LogP contribution >= 0.6 is 0 Å². The summed E-state index contributed by atoms with van der Waals surface area (Å²) in [5, 5.41) is 11.5. The van der Waals surface area contributed by atoms with E-state index in [1.807, 2.05) is 0 Å². The average molecular weight is 286 g/mol. The van der Waals surface area contributed by atoms with Crippen molar-refractivity contribution in [1.82, 2.24) is 15.3 Å². The minimum atomic E-state index is -1.04. The number of hydrogen-bond acceptors (Lipinski definition) is 5. The number of aromatic nitrogens is 2. The maximum atomic E-state index is 11.9. The van der Waals surface area contributed by atoms with E-state index in [1.54, 1.807) is 13.1 Å². The van der Waals surface area contributed by atoms with Crippen molar-refractivity contribution in [1.29, 1.82) is 0 Å². The van der Waals surface area contributed by atoms with Gasteiger partial charge in [-0.2, -0.15) is 0 Å². The molecule has 0 aliphatic rings. The first-order chi connectivity index (χ1) is 9.97. The van der Waals surface area contributed by atoms with Crippen LogP contribution in [-0.4, -0.2) is 27.0 Å². The van der Waals surface area contributed by atoms with Crippen LogP contribution in [0, 0.1) is 6.92 Å². The Kier molecular flexibility index (Phi) is 4.13. The van der Waals surface area contributed by atoms with Gasteiger partial charge in [-0.1, -0.05) is 0 Å². The predicted octanol–water partition coefficient (Wildman–Crippen LogP) is 0.995. The van der Waals surface area contributed by atoms with Gasteiger partial charge in [-0.05, 0) is 31.2 Å². The van der Waals surface area contributed by atoms with Gasteiger partial charge in [0.15, 0.2) is 0 Å². The summed E-state index contributed by atoms with van der Waals surface area (Å²) in [6.07, 6.45) is 1.56. The van der Waals surface area contributed by atoms with Crippen molar-refractivity contribution in [2.75, 3.05) is 5.73 Å². The molecule has 1 heterocycles. The summed E-state index contributed by atoms with van der Waals surface area (Å²) in [4.78, 5) is 30.7. The fourth-order valence-electron chi connectivity index (χ4n) is 1.69. The molecule has 0 spiro atoms. The Bertz CT molecular complexity index is 683. The highest BCUT2D eigenvalue weighted by Crippen LogP contribution is 2.08. The van der Waals surface area contributed by atoms with Crippen LogP contribution in [0.15, 0.2) is 30.5 Å². The number of amides is 1. The number of carbonyl (C=O) groups is 2. The first-order valence-corrected chi connectivity index (χ1v) is 6.17. The van der Waals surface area contributed by atoms with E-state index >= 15 is 0 Å². The van der Waals surface area contributed by atoms with Crippen LogP contribution in [-0.2, 0) is 6.54 Å². The number of nitrogens with two attached hydrogens (primary N) is 1. The van der Waals surface area contributed by atoms with Gasteiger partial charge in [0.2, 0.25) is 0 Å². The lowest BCUT2D eigenvalue weighted by Crippen LogP contribution is -2.23. The monoisotopic (exact) mass is 286 g/mol. The van der Waals surface area contributed by atoms with Crippen molar-refractivity contribution in [3.8, 4) is 0 Å². The molecule has 2 rings (SSSR count). The highest BCUT2D eigenvalue weighted by molar-refractivity contribution is 5.95. The van der Waals surface area contributed by atoms with Crippen LogP contribution < -0.4 is 11.1 Å². The lowest BCUT2D eigenvalue weighted by atomic mass is 10.1. The van der Waals surface area contributed by atoms with Gasteiger partial charge in [-0.3, -0.25) is 4.79 Å². The van der Waals surface area contributed by atoms with E-state index in [-0.39, 0.29) is 18.0 Å². The molecule has 0 aliphatic heterocycles. The lowest BCUT2D eigenvalue weighted by molar-refractivity contribution is 0.0696. The summed E-state index contributed by atoms with van der Waals surface area (Å²) < 4.78 is 0. The average Bonchev–Trinajstić information content (AvgIpc) is 2.46. The van der Waals surface area contributed by atoms with Gasteiger partial charge in [0.25, 0.3) is 5.91 Å². The third-order valence-corrected chi connectivity index (χ3v) is 2.85. The number of hydrogen-bond donors (Lipinski definition) is 3. The van der Waals surface area contributed by atoms with E-state index in [9.17, 15) is 9.59 Å². The summed E-state index contributed by atoms with van der Waals surface area (Å²) in [7, 11) is 0. The zero-order valence-electron chi connectivity index (χ0n) is 11.3. The minimum absolute atomic E-state index is 0.128. The summed E-state index contributed by atoms with van der Waals surface area (Å²) >= 11 is 0. The Labute approximate surface area is 120 Å². The summed E-state index contributed by atoms with van der Waals surface area (Å²) in [6, 6.07) is 5.66. The van der Waals surface area contributed by atoms with Crippen LogP contribution in [0.2, 0.25) is 0 Å². The van der Waals surface area contributed by atoms with E-state index in [0.29, 0.717) is 22.8 Å². The van der Waals surface area contributed by atoms with E-state index < -0.39 is 5.97 Å². The van der Waals surface area contributed by atoms with E-state index in [4.69, 9.17) is 10.8 Å². The molecule has 4 N–H and O–H groups in total. The fraction of sp³-hybridized carbons (Fsp3) is 0.143. The smallest absolute Gasteiger partial charge is 0.335 e. The lowest BCUT2D eigenvalue weighted by Gasteiger charge is -2.07. The number of aromatic carboxylic acids is 1. The molecular formula is C14H14N4O3. The molecule has 1 aromatic heterocycles. The molecule has 0 aliphatic carbocycles. The molecule has 0 radical (unpaired) electrons. The standard InChI is InChI=1S/C14H14N4O3/c1-8-16-6-11(12(15)18-8)7-17-13(19)9-2-4-10(5-3-9)14(20)21/h2-6H,7H2,1H3,(H,17,19)(H,20,21)(H2,15,16,18). The molecule has 7 nitrogen and oxygen atoms in total. The highest BCUT2D eigenvalue weighted by Gasteiger charge is 2.09. The summed E-state index contributed by atoms with van der Waals surface area (Å²) in [5.41, 5.74) is 6.85. The van der Waals surface area contributed by atoms with Crippen molar-refractivity contribution in [3.63, 3.8) is 0 Å². The molecule has 0 atom stereocenters. The van der Waals surface area contributed by atoms with Crippen LogP contribution in [0.4, 0.5) is 5.82 Å². The Morgan fingerprint density at radius 2 is 1.86 bits per heavy atom. The van der Waals surface area contributed by atoms with E-state index in [0.717, 1.165) is 0 Å². The third-order valence-electron chi connectivity index (χ3n) is 2.85. The van der Waals surface area contributed by atoms with Gasteiger partial charge in [0, 0.05) is 23.9 Å². The van der Waals surface area contributed by atoms with Crippen molar-refractivity contribution in [2.45, 2.75) is 13.5 Å². The number of rotatable bonds is 4. The number of carboxylic acid groups (broad SMARTS) is 1. The van der Waals surface area contributed by atoms with Crippen LogP contribution in [0.25, 0.3) is 0 Å². The number of aryl methyl sites for hydroxylation is 1. The molecule has 0 unspecified atom stereocenters. The molecule has 0 saturated heterocycles. The third kappa shape index (κ3) is 3.53. The van der Waals surface area contributed by atoms with Gasteiger partial charge in [-0.25, -0.2) is 14.8 Å². The molecule has 108 valence electrons. The second kappa shape index (κ2) is 6.00. The van der Waals surface area contributed by atoms with Crippen molar-refractivity contribution in [3.05, 3.63) is 53.0 Å². The maximum absolute atomic E-state index is 11.9. The second-order valence-electron chi connectivity index (χ2n) is 4.39. The fourth-order valence-corrected chi connectivity index (χ4v) is 1.69. The second-order valence-corrected chi connectivity index (χ2v) is 4.39. The maximum Gasteiger partial charge on any atom is 0.335 e. The Morgan fingerprint density at radius 3 is 2.43 bits per heavy atom. The number of carbonyl (C=O) groups excluding carboxylic acids is 1. The van der Waals surface area contributed by atoms with E-state index in [1.165, 1.54) is 24.3 Å². The highest BCUT2D eigenvalue weighted by atomic mass is 16.4. The molecule has 1 aromatic carbocycles. The molecule has 7 heteroatoms. The van der Waals surface area contributed by atoms with Crippen LogP contribution in [0.1, 0.15) is 32.1 Å². The molecule has 21 heavy (non-hydrogen) atoms. The van der Waals surface area contributed by atoms with Crippen molar-refractivity contribution < 1.29 is 14.7 Å². The quantitative estimate of drug-likeness (QED) is 0.771. The number of nitrogens with one attached hydrogen (secondary N) is 1. The van der Waals surface area contributed by atoms with Gasteiger partial charge in [0.1, 0.15) is 11.6 Å². The first-order valence-electron chi connectivity index (χ1n) is 6.17. The molecule has 1 amide bonds. The Hall–Kier alpha value is -2.96. The van der Waals surface area contributed by atoms with Crippen LogP contribution in [0.5, 0.6) is 0 Å². The number of anilines is 1. The number of nitrogen functional groups attached to an aromatic ring is 1. The molecular weight excluding hydrogens is 272 g/mol. The predicted molar refractivity (Wildman–Crippen MR) is 75.8 cm³/mol. The zero-order valence-corrected chi connectivity index (χ0v) is 11.3. The van der Waals surface area contributed by atoms with Gasteiger partial charge < -0.3 is 16.2 Å². The van der Waals surface area contributed by atoms with Gasteiger partial charge >= 0.3 is 5.97 Å². The first kappa shape index (κ1) is 14.4. The largest absolute Gasteiger partial charge is 0.478 e. The normalized spacial score (nSPS) is 10.1. The van der Waals surface area contributed by atoms with Gasteiger partial charge in [-0.15, -0.1) is 0 Å². The summed E-state index contributed by atoms with van der Waals surface area (Å²) in [5.74, 6) is -0.477. The van der Waals surface area contributed by atoms with Crippen molar-refractivity contribution in [2.24, 2.45) is 0 Å². The zero-order chi connectivity index (χ0) is 15.4. The SMILES string of the molecule is Cc1ncc(CNC(=O)c2ccc(C(=O)O)cc2)c(N)n1. The molecule has 2 aromatic rings. The Balaban J connectivity index is 2.02. The minimum Gasteiger partial charge on any atom is -0.478 e. The van der Waals surface area contributed by atoms with Crippen molar-refractivity contribution >= 4 is 17.7 Å². The topological polar surface area (TPSA) is 118 Å². The number of benzene rings is 1. The summed E-state index contributed by atoms with van der Waals surface area (Å²) in [6.45, 7) is 1.92. The van der Waals surface area contributed by atoms with E-state index in [2.05, 4.69) is 15.3 Å². The molecule has 0 bridgehead atoms. The Morgan fingerprint density at radius 1 is 1.24 bits per heavy atom. The molecule has 0 fully saturated rings. The van der Waals surface area contributed by atoms with Crippen LogP contribution in [0.3, 0.4) is 0 Å². The number of nitrogens with zero attached hydrogens (tertiary/aromatic N) is 2. The van der Waals surface area contributed by atoms with Gasteiger partial charge in [0.05, 0.1) is 5.56 Å². The molecule has 0 saturated carbocycles.